The monoisotopic (exact) mass is 431 g/mol. The molecule has 7 nitrogen and oxygen atoms in total. The molecule has 4 rings (SSSR count). The largest absolute Gasteiger partial charge is 0.432 e. The number of aliphatic hydroxyl groups excluding tert-OH is 1. The summed E-state index contributed by atoms with van der Waals surface area (Å²) in [4.78, 5) is 7.87. The Bertz CT molecular complexity index is 1210. The van der Waals surface area contributed by atoms with Crippen molar-refractivity contribution < 1.29 is 9.52 Å². The van der Waals surface area contributed by atoms with E-state index in [1.54, 1.807) is 29.0 Å². The van der Waals surface area contributed by atoms with Gasteiger partial charge in [-0.3, -0.25) is 9.98 Å². The fourth-order valence-electron chi connectivity index (χ4n) is 3.18. The Labute approximate surface area is 176 Å². The number of hydrogen-bond donors (Lipinski definition) is 4. The van der Waals surface area contributed by atoms with Crippen LogP contribution < -0.4 is 11.0 Å². The molecule has 0 saturated heterocycles. The lowest BCUT2D eigenvalue weighted by Crippen LogP contribution is -2.24. The molecular formula is C20H19Cl2N5O2. The number of nitrogens with zero attached hydrogens (tertiary/aromatic N) is 2. The molecule has 2 aromatic heterocycles. The average Bonchev–Trinajstić information content (AvgIpc) is 3.29. The van der Waals surface area contributed by atoms with Gasteiger partial charge in [-0.15, -0.1) is 0 Å². The molecule has 4 N–H and O–H groups in total. The highest BCUT2D eigenvalue weighted by molar-refractivity contribution is 6.42. The van der Waals surface area contributed by atoms with Gasteiger partial charge in [0, 0.05) is 6.20 Å². The number of hydrogen-bond acceptors (Lipinski definition) is 5. The maximum atomic E-state index is 10.7. The van der Waals surface area contributed by atoms with E-state index < -0.39 is 6.10 Å². The third-order valence-electron chi connectivity index (χ3n) is 4.74. The number of anilines is 1. The standard InChI is InChI=1S/C20H19Cl2N5O2/c1-11(18(28)12-5-6-14(21)15(22)9-12)24-20-25-16-4-2-3-13(17(16)26-20)10-27-7-8-29-19(27)23/h2-9,11,18,23,28H,10H2,1H3,(H2,24,25,26). The number of nitrogens with one attached hydrogen (secondary N) is 3. The number of fused-ring (bicyclic) bond motifs is 1. The summed E-state index contributed by atoms with van der Waals surface area (Å²) in [6.07, 6.45) is 2.39. The van der Waals surface area contributed by atoms with E-state index in [1.807, 2.05) is 25.1 Å². The predicted molar refractivity (Wildman–Crippen MR) is 112 cm³/mol. The molecular weight excluding hydrogens is 413 g/mol. The summed E-state index contributed by atoms with van der Waals surface area (Å²) in [6, 6.07) is 10.5. The maximum absolute atomic E-state index is 10.7. The molecule has 0 amide bonds. The van der Waals surface area contributed by atoms with E-state index in [9.17, 15) is 5.11 Å². The van der Waals surface area contributed by atoms with Gasteiger partial charge in [0.2, 0.25) is 5.95 Å². The molecule has 4 aromatic rings. The van der Waals surface area contributed by atoms with Crippen molar-refractivity contribution in [3.05, 3.63) is 75.7 Å². The third-order valence-corrected chi connectivity index (χ3v) is 5.48. The number of benzene rings is 2. The minimum absolute atomic E-state index is 0.0780. The first kappa shape index (κ1) is 19.6. The zero-order valence-corrected chi connectivity index (χ0v) is 17.0. The van der Waals surface area contributed by atoms with Gasteiger partial charge < -0.3 is 19.8 Å². The van der Waals surface area contributed by atoms with Crippen LogP contribution in [0.2, 0.25) is 10.0 Å². The molecule has 0 fully saturated rings. The van der Waals surface area contributed by atoms with Crippen molar-refractivity contribution >= 4 is 40.2 Å². The maximum Gasteiger partial charge on any atom is 0.293 e. The minimum atomic E-state index is -0.801. The fraction of sp³-hybridized carbons (Fsp3) is 0.200. The zero-order chi connectivity index (χ0) is 20.5. The number of aliphatic hydroxyl groups is 1. The average molecular weight is 432 g/mol. The van der Waals surface area contributed by atoms with Gasteiger partial charge in [0.25, 0.3) is 5.68 Å². The molecule has 0 aliphatic carbocycles. The van der Waals surface area contributed by atoms with Crippen LogP contribution in [0.3, 0.4) is 0 Å². The molecule has 0 aliphatic rings. The van der Waals surface area contributed by atoms with Gasteiger partial charge in [-0.25, -0.2) is 4.98 Å². The molecule has 29 heavy (non-hydrogen) atoms. The summed E-state index contributed by atoms with van der Waals surface area (Å²) >= 11 is 12.0. The highest BCUT2D eigenvalue weighted by Crippen LogP contribution is 2.28. The van der Waals surface area contributed by atoms with Crippen LogP contribution in [-0.4, -0.2) is 25.7 Å². The van der Waals surface area contributed by atoms with Crippen molar-refractivity contribution in [2.75, 3.05) is 5.32 Å². The Kier molecular flexibility index (Phi) is 5.36. The molecule has 2 heterocycles. The van der Waals surface area contributed by atoms with Crippen molar-refractivity contribution in [3.63, 3.8) is 0 Å². The smallest absolute Gasteiger partial charge is 0.293 e. The van der Waals surface area contributed by atoms with E-state index >= 15 is 0 Å². The quantitative estimate of drug-likeness (QED) is 0.364. The third kappa shape index (κ3) is 4.03. The van der Waals surface area contributed by atoms with Crippen LogP contribution in [0, 0.1) is 5.41 Å². The van der Waals surface area contributed by atoms with E-state index in [2.05, 4.69) is 15.3 Å². The van der Waals surface area contributed by atoms with Crippen molar-refractivity contribution in [3.8, 4) is 0 Å². The second-order valence-corrected chi connectivity index (χ2v) is 7.60. The Morgan fingerprint density at radius 3 is 2.83 bits per heavy atom. The predicted octanol–water partition coefficient (Wildman–Crippen LogP) is 4.33. The minimum Gasteiger partial charge on any atom is -0.432 e. The van der Waals surface area contributed by atoms with Gasteiger partial charge in [0.05, 0.1) is 39.8 Å². The van der Waals surface area contributed by atoms with Crippen LogP contribution in [0.25, 0.3) is 11.0 Å². The molecule has 0 spiro atoms. The first-order valence-electron chi connectivity index (χ1n) is 8.98. The first-order chi connectivity index (χ1) is 13.9. The lowest BCUT2D eigenvalue weighted by molar-refractivity contribution is 0.160. The van der Waals surface area contributed by atoms with Gasteiger partial charge in [-0.1, -0.05) is 41.4 Å². The number of H-pyrrole nitrogens is 1. The highest BCUT2D eigenvalue weighted by atomic mass is 35.5. The summed E-state index contributed by atoms with van der Waals surface area (Å²) in [5.41, 5.74) is 3.34. The summed E-state index contributed by atoms with van der Waals surface area (Å²) < 4.78 is 6.72. The molecule has 0 radical (unpaired) electrons. The number of rotatable bonds is 6. The molecule has 9 heteroatoms. The van der Waals surface area contributed by atoms with Gasteiger partial charge in [0.15, 0.2) is 0 Å². The Morgan fingerprint density at radius 2 is 2.10 bits per heavy atom. The summed E-state index contributed by atoms with van der Waals surface area (Å²) in [6.45, 7) is 2.33. The molecule has 2 atom stereocenters. The number of halogens is 2. The first-order valence-corrected chi connectivity index (χ1v) is 9.73. The van der Waals surface area contributed by atoms with E-state index in [0.717, 1.165) is 16.6 Å². The second-order valence-electron chi connectivity index (χ2n) is 6.79. The van der Waals surface area contributed by atoms with Gasteiger partial charge in [0.1, 0.15) is 6.26 Å². The van der Waals surface area contributed by atoms with Crippen LogP contribution in [0.15, 0.2) is 53.3 Å². The van der Waals surface area contributed by atoms with E-state index in [-0.39, 0.29) is 11.7 Å². The van der Waals surface area contributed by atoms with E-state index in [4.69, 9.17) is 33.0 Å². The summed E-state index contributed by atoms with van der Waals surface area (Å²) in [5.74, 6) is 0.544. The highest BCUT2D eigenvalue weighted by Gasteiger charge is 2.19. The number of aromatic amines is 1. The van der Waals surface area contributed by atoms with Crippen LogP contribution in [0.5, 0.6) is 0 Å². The molecule has 0 bridgehead atoms. The molecule has 0 saturated carbocycles. The van der Waals surface area contributed by atoms with Crippen LogP contribution in [0.4, 0.5) is 5.95 Å². The Morgan fingerprint density at radius 1 is 1.28 bits per heavy atom. The van der Waals surface area contributed by atoms with Crippen molar-refractivity contribution in [2.24, 2.45) is 0 Å². The zero-order valence-electron chi connectivity index (χ0n) is 15.5. The van der Waals surface area contributed by atoms with Crippen molar-refractivity contribution in [1.29, 1.82) is 5.41 Å². The normalized spacial score (nSPS) is 13.5. The second kappa shape index (κ2) is 7.94. The Hall–Kier alpha value is -2.74. The summed E-state index contributed by atoms with van der Waals surface area (Å²) in [7, 11) is 0. The van der Waals surface area contributed by atoms with Crippen LogP contribution in [-0.2, 0) is 6.54 Å². The number of imidazole rings is 1. The van der Waals surface area contributed by atoms with Gasteiger partial charge in [-0.05, 0) is 36.2 Å². The van der Waals surface area contributed by atoms with Crippen molar-refractivity contribution in [1.82, 2.24) is 14.5 Å². The van der Waals surface area contributed by atoms with Crippen molar-refractivity contribution in [2.45, 2.75) is 25.6 Å². The van der Waals surface area contributed by atoms with Crippen LogP contribution in [0.1, 0.15) is 24.2 Å². The van der Waals surface area contributed by atoms with Crippen LogP contribution >= 0.6 is 23.2 Å². The van der Waals surface area contributed by atoms with Gasteiger partial charge in [-0.2, -0.15) is 0 Å². The summed E-state index contributed by atoms with van der Waals surface area (Å²) in [5, 5.41) is 22.5. The Balaban J connectivity index is 1.56. The number of aromatic nitrogens is 3. The van der Waals surface area contributed by atoms with E-state index in [0.29, 0.717) is 28.1 Å². The number of oxazole rings is 1. The lowest BCUT2D eigenvalue weighted by atomic mass is 10.0. The number of para-hydroxylation sites is 1. The van der Waals surface area contributed by atoms with Gasteiger partial charge >= 0.3 is 0 Å². The molecule has 0 aliphatic heterocycles. The fourth-order valence-corrected chi connectivity index (χ4v) is 3.49. The SMILES string of the molecule is CC(Nc1nc2c(Cn3ccoc3=N)cccc2[nH]1)C(O)c1ccc(Cl)c(Cl)c1. The lowest BCUT2D eigenvalue weighted by Gasteiger charge is -2.20. The molecule has 2 aromatic carbocycles. The molecule has 150 valence electrons. The van der Waals surface area contributed by atoms with E-state index in [1.165, 1.54) is 6.26 Å². The topological polar surface area (TPSA) is 103 Å². The molecule has 2 unspecified atom stereocenters.